The minimum atomic E-state index is -3.75. The number of aromatic nitrogens is 3. The molecule has 8 nitrogen and oxygen atoms in total. The Balaban J connectivity index is 1.23. The summed E-state index contributed by atoms with van der Waals surface area (Å²) in [6.07, 6.45) is 6.10. The van der Waals surface area contributed by atoms with Crippen molar-refractivity contribution in [1.29, 1.82) is 0 Å². The van der Waals surface area contributed by atoms with Gasteiger partial charge in [-0.3, -0.25) is 0 Å². The first-order chi connectivity index (χ1) is 18.4. The van der Waals surface area contributed by atoms with E-state index in [1.807, 2.05) is 48.7 Å². The largest absolute Gasteiger partial charge is 0.353 e. The van der Waals surface area contributed by atoms with Crippen LogP contribution in [0.3, 0.4) is 0 Å². The molecule has 0 radical (unpaired) electrons. The number of H-pyrrole nitrogens is 1. The molecule has 2 aliphatic rings. The van der Waals surface area contributed by atoms with E-state index in [4.69, 9.17) is 0 Å². The molecule has 198 valence electrons. The fourth-order valence-corrected chi connectivity index (χ4v) is 7.46. The molecule has 3 heterocycles. The predicted molar refractivity (Wildman–Crippen MR) is 146 cm³/mol. The number of nitrogens with one attached hydrogen (secondary N) is 1. The number of hydrogen-bond acceptors (Lipinski definition) is 5. The van der Waals surface area contributed by atoms with Gasteiger partial charge in [-0.2, -0.15) is 17.0 Å². The number of piperazine rings is 1. The van der Waals surface area contributed by atoms with Crippen molar-refractivity contribution >= 4 is 27.1 Å². The molecule has 6 rings (SSSR count). The van der Waals surface area contributed by atoms with Gasteiger partial charge in [-0.25, -0.2) is 14.4 Å². The third-order valence-corrected chi connectivity index (χ3v) is 9.83. The maximum atomic E-state index is 14.2. The van der Waals surface area contributed by atoms with Crippen LogP contribution in [0.5, 0.6) is 0 Å². The molecule has 1 aliphatic carbocycles. The second-order valence-corrected chi connectivity index (χ2v) is 12.0. The molecular formula is C28H31FN6O2S. The molecule has 0 bridgehead atoms. The standard InChI is InChI=1S/C28H31FN6O2S/c29-24-8-4-7-23(19-24)11-16-34(15-10-22-5-2-1-3-6-22)38(36,37)35-18-17-33(20-28(35)12-13-28)27-25-9-14-30-26(25)31-21-32-27/h1-9,14,19,21H,10-13,15-18,20H2,(H,30,31,32). The highest BCUT2D eigenvalue weighted by molar-refractivity contribution is 7.86. The molecule has 1 saturated heterocycles. The molecule has 2 fully saturated rings. The Morgan fingerprint density at radius 2 is 1.71 bits per heavy atom. The Morgan fingerprint density at radius 3 is 2.47 bits per heavy atom. The van der Waals surface area contributed by atoms with Gasteiger partial charge in [0.15, 0.2) is 0 Å². The predicted octanol–water partition coefficient (Wildman–Crippen LogP) is 3.78. The second kappa shape index (κ2) is 10.1. The fourth-order valence-electron chi connectivity index (χ4n) is 5.49. The summed E-state index contributed by atoms with van der Waals surface area (Å²) in [5, 5.41) is 0.944. The molecule has 1 saturated carbocycles. The molecule has 4 aromatic rings. The molecular weight excluding hydrogens is 503 g/mol. The Morgan fingerprint density at radius 1 is 0.947 bits per heavy atom. The summed E-state index contributed by atoms with van der Waals surface area (Å²) < 4.78 is 45.5. The van der Waals surface area contributed by atoms with Crippen molar-refractivity contribution in [2.24, 2.45) is 0 Å². The first-order valence-electron chi connectivity index (χ1n) is 13.0. The van der Waals surface area contributed by atoms with Crippen LogP contribution in [0.25, 0.3) is 11.0 Å². The molecule has 38 heavy (non-hydrogen) atoms. The molecule has 1 N–H and O–H groups in total. The Kier molecular flexibility index (Phi) is 6.63. The monoisotopic (exact) mass is 534 g/mol. The van der Waals surface area contributed by atoms with Gasteiger partial charge in [-0.15, -0.1) is 0 Å². The molecule has 0 amide bonds. The molecule has 1 spiro atoms. The Hall–Kier alpha value is -3.34. The average molecular weight is 535 g/mol. The topological polar surface area (TPSA) is 85.4 Å². The smallest absolute Gasteiger partial charge is 0.282 e. The number of benzene rings is 2. The number of nitrogens with zero attached hydrogens (tertiary/aromatic N) is 5. The average Bonchev–Trinajstić information content (AvgIpc) is 3.49. The van der Waals surface area contributed by atoms with Crippen molar-refractivity contribution in [1.82, 2.24) is 23.6 Å². The summed E-state index contributed by atoms with van der Waals surface area (Å²) in [6.45, 7) is 2.20. The van der Waals surface area contributed by atoms with Crippen LogP contribution < -0.4 is 4.90 Å². The third kappa shape index (κ3) is 4.91. The van der Waals surface area contributed by atoms with Crippen molar-refractivity contribution in [3.63, 3.8) is 0 Å². The number of hydrogen-bond donors (Lipinski definition) is 1. The lowest BCUT2D eigenvalue weighted by atomic mass is 10.1. The zero-order chi connectivity index (χ0) is 26.2. The number of aromatic amines is 1. The number of anilines is 1. The summed E-state index contributed by atoms with van der Waals surface area (Å²) in [6, 6.07) is 18.3. The summed E-state index contributed by atoms with van der Waals surface area (Å²) in [7, 11) is -3.75. The maximum Gasteiger partial charge on any atom is 0.282 e. The van der Waals surface area contributed by atoms with Gasteiger partial charge in [-0.05, 0) is 55.0 Å². The molecule has 2 aromatic heterocycles. The molecule has 0 atom stereocenters. The van der Waals surface area contributed by atoms with E-state index in [1.165, 1.54) is 12.1 Å². The zero-order valence-electron chi connectivity index (χ0n) is 21.1. The summed E-state index contributed by atoms with van der Waals surface area (Å²) in [4.78, 5) is 14.1. The van der Waals surface area contributed by atoms with Crippen LogP contribution in [-0.2, 0) is 23.1 Å². The Labute approximate surface area is 222 Å². The quantitative estimate of drug-likeness (QED) is 0.353. The van der Waals surface area contributed by atoms with E-state index in [2.05, 4.69) is 19.9 Å². The first kappa shape index (κ1) is 25.0. The Bertz CT molecular complexity index is 1520. The second-order valence-electron chi connectivity index (χ2n) is 10.2. The van der Waals surface area contributed by atoms with Crippen molar-refractivity contribution in [3.8, 4) is 0 Å². The van der Waals surface area contributed by atoms with Crippen LogP contribution in [0, 0.1) is 5.82 Å². The summed E-state index contributed by atoms with van der Waals surface area (Å²) in [5.41, 5.74) is 2.22. The van der Waals surface area contributed by atoms with E-state index >= 15 is 0 Å². The molecule has 1 aliphatic heterocycles. The van der Waals surface area contributed by atoms with Gasteiger partial charge in [0.2, 0.25) is 0 Å². The van der Waals surface area contributed by atoms with E-state index in [-0.39, 0.29) is 5.82 Å². The minimum absolute atomic E-state index is 0.296. The number of rotatable bonds is 9. The highest BCUT2D eigenvalue weighted by Crippen LogP contribution is 2.47. The molecule has 0 unspecified atom stereocenters. The lowest BCUT2D eigenvalue weighted by molar-refractivity contribution is 0.245. The molecule has 10 heteroatoms. The van der Waals surface area contributed by atoms with Crippen LogP contribution >= 0.6 is 0 Å². The summed E-state index contributed by atoms with van der Waals surface area (Å²) >= 11 is 0. The van der Waals surface area contributed by atoms with Gasteiger partial charge in [0.1, 0.15) is 23.6 Å². The summed E-state index contributed by atoms with van der Waals surface area (Å²) in [5.74, 6) is 0.530. The highest BCUT2D eigenvalue weighted by Gasteiger charge is 2.57. The van der Waals surface area contributed by atoms with E-state index in [0.29, 0.717) is 45.6 Å². The highest BCUT2D eigenvalue weighted by atomic mass is 32.2. The van der Waals surface area contributed by atoms with Crippen molar-refractivity contribution in [2.45, 2.75) is 31.2 Å². The van der Waals surface area contributed by atoms with E-state index in [1.54, 1.807) is 21.0 Å². The van der Waals surface area contributed by atoms with Crippen LogP contribution in [0.1, 0.15) is 24.0 Å². The lowest BCUT2D eigenvalue weighted by Crippen LogP contribution is -2.60. The van der Waals surface area contributed by atoms with Crippen LogP contribution in [0.15, 0.2) is 73.2 Å². The van der Waals surface area contributed by atoms with Crippen molar-refractivity contribution in [2.75, 3.05) is 37.6 Å². The molecule has 2 aromatic carbocycles. The van der Waals surface area contributed by atoms with Gasteiger partial charge < -0.3 is 9.88 Å². The normalized spacial score (nSPS) is 17.5. The van der Waals surface area contributed by atoms with Gasteiger partial charge in [0, 0.05) is 38.9 Å². The number of halogens is 1. The minimum Gasteiger partial charge on any atom is -0.353 e. The van der Waals surface area contributed by atoms with E-state index < -0.39 is 15.7 Å². The lowest BCUT2D eigenvalue weighted by Gasteiger charge is -2.43. The van der Waals surface area contributed by atoms with Gasteiger partial charge >= 0.3 is 0 Å². The van der Waals surface area contributed by atoms with E-state index in [9.17, 15) is 12.8 Å². The SMILES string of the molecule is O=S(=O)(N(CCc1ccccc1)CCc1cccc(F)c1)N1CCN(c2ncnc3[nH]ccc23)CC12CC2. The van der Waals surface area contributed by atoms with E-state index in [0.717, 1.165) is 40.8 Å². The van der Waals surface area contributed by atoms with Gasteiger partial charge in [0.05, 0.1) is 10.9 Å². The third-order valence-electron chi connectivity index (χ3n) is 7.68. The number of fused-ring (bicyclic) bond motifs is 1. The zero-order valence-corrected chi connectivity index (χ0v) is 21.9. The van der Waals surface area contributed by atoms with Crippen LogP contribution in [-0.4, -0.2) is 70.2 Å². The van der Waals surface area contributed by atoms with Crippen LogP contribution in [0.4, 0.5) is 10.2 Å². The van der Waals surface area contributed by atoms with Crippen molar-refractivity contribution in [3.05, 3.63) is 90.1 Å². The van der Waals surface area contributed by atoms with Gasteiger partial charge in [0.25, 0.3) is 10.2 Å². The van der Waals surface area contributed by atoms with Gasteiger partial charge in [-0.1, -0.05) is 42.5 Å². The maximum absolute atomic E-state index is 14.2. The van der Waals surface area contributed by atoms with Crippen LogP contribution in [0.2, 0.25) is 0 Å². The fraction of sp³-hybridized carbons (Fsp3) is 0.357. The first-order valence-corrected chi connectivity index (χ1v) is 14.4. The van der Waals surface area contributed by atoms with Crippen molar-refractivity contribution < 1.29 is 12.8 Å².